The van der Waals surface area contributed by atoms with Crippen LogP contribution < -0.4 is 10.6 Å². The van der Waals surface area contributed by atoms with E-state index in [1.165, 1.54) is 12.8 Å². The summed E-state index contributed by atoms with van der Waals surface area (Å²) in [4.78, 5) is 11.7. The number of piperidine rings is 1. The SMILES string of the molecule is CC(C)(C)OC(=O)Nc1ccc(CC2CCCNC2)cc1O. The second-order valence-electron chi connectivity index (χ2n) is 6.89. The molecule has 1 aromatic rings. The highest BCUT2D eigenvalue weighted by Gasteiger charge is 2.18. The summed E-state index contributed by atoms with van der Waals surface area (Å²) in [7, 11) is 0. The molecule has 2 rings (SSSR count). The van der Waals surface area contributed by atoms with Crippen LogP contribution in [0.15, 0.2) is 18.2 Å². The Morgan fingerprint density at radius 2 is 2.23 bits per heavy atom. The van der Waals surface area contributed by atoms with E-state index in [-0.39, 0.29) is 5.75 Å². The molecule has 1 atom stereocenters. The molecule has 5 heteroatoms. The summed E-state index contributed by atoms with van der Waals surface area (Å²) >= 11 is 0. The molecule has 122 valence electrons. The molecule has 1 fully saturated rings. The van der Waals surface area contributed by atoms with Crippen LogP contribution in [0.4, 0.5) is 10.5 Å². The van der Waals surface area contributed by atoms with Crippen LogP contribution in [0.5, 0.6) is 5.75 Å². The molecule has 1 heterocycles. The zero-order valence-electron chi connectivity index (χ0n) is 13.6. The first-order chi connectivity index (χ1) is 10.3. The molecule has 1 unspecified atom stereocenters. The van der Waals surface area contributed by atoms with E-state index in [4.69, 9.17) is 4.74 Å². The van der Waals surface area contributed by atoms with Crippen molar-refractivity contribution in [1.29, 1.82) is 0 Å². The normalized spacial score (nSPS) is 18.8. The van der Waals surface area contributed by atoms with E-state index >= 15 is 0 Å². The topological polar surface area (TPSA) is 70.6 Å². The summed E-state index contributed by atoms with van der Waals surface area (Å²) in [5.41, 5.74) is 0.897. The van der Waals surface area contributed by atoms with Gasteiger partial charge in [0.05, 0.1) is 5.69 Å². The molecule has 1 saturated heterocycles. The number of rotatable bonds is 3. The van der Waals surface area contributed by atoms with Crippen molar-refractivity contribution in [2.75, 3.05) is 18.4 Å². The third-order valence-corrected chi connectivity index (χ3v) is 3.62. The number of aromatic hydroxyl groups is 1. The molecule has 1 aliphatic rings. The van der Waals surface area contributed by atoms with Gasteiger partial charge in [0, 0.05) is 0 Å². The summed E-state index contributed by atoms with van der Waals surface area (Å²) in [6, 6.07) is 5.40. The Morgan fingerprint density at radius 3 is 2.82 bits per heavy atom. The van der Waals surface area contributed by atoms with Crippen LogP contribution >= 0.6 is 0 Å². The number of benzene rings is 1. The van der Waals surface area contributed by atoms with Crippen LogP contribution in [0, 0.1) is 5.92 Å². The molecule has 0 bridgehead atoms. The molecule has 1 aliphatic heterocycles. The van der Waals surface area contributed by atoms with E-state index in [9.17, 15) is 9.90 Å². The van der Waals surface area contributed by atoms with Crippen molar-refractivity contribution in [3.63, 3.8) is 0 Å². The molecule has 22 heavy (non-hydrogen) atoms. The van der Waals surface area contributed by atoms with Crippen molar-refractivity contribution < 1.29 is 14.6 Å². The predicted octanol–water partition coefficient (Wildman–Crippen LogP) is 3.28. The number of phenolic OH excluding ortho intramolecular Hbond substituents is 1. The standard InChI is InChI=1S/C17H26N2O3/c1-17(2,3)22-16(21)19-14-7-6-12(10-15(14)20)9-13-5-4-8-18-11-13/h6-7,10,13,18,20H,4-5,8-9,11H2,1-3H3,(H,19,21). The molecular weight excluding hydrogens is 280 g/mol. The maximum atomic E-state index is 11.7. The molecule has 3 N–H and O–H groups in total. The Kier molecular flexibility index (Phi) is 5.29. The maximum Gasteiger partial charge on any atom is 0.412 e. The van der Waals surface area contributed by atoms with Crippen LogP contribution in [0.1, 0.15) is 39.2 Å². The zero-order valence-corrected chi connectivity index (χ0v) is 13.6. The molecule has 0 saturated carbocycles. The van der Waals surface area contributed by atoms with Gasteiger partial charge in [0.25, 0.3) is 0 Å². The predicted molar refractivity (Wildman–Crippen MR) is 87.3 cm³/mol. The summed E-state index contributed by atoms with van der Waals surface area (Å²) in [5.74, 6) is 0.685. The first kappa shape index (κ1) is 16.6. The van der Waals surface area contributed by atoms with Gasteiger partial charge in [0.1, 0.15) is 11.4 Å². The van der Waals surface area contributed by atoms with Crippen molar-refractivity contribution >= 4 is 11.8 Å². The summed E-state index contributed by atoms with van der Waals surface area (Å²) in [6.45, 7) is 7.52. The lowest BCUT2D eigenvalue weighted by Gasteiger charge is -2.23. The number of anilines is 1. The molecule has 0 spiro atoms. The molecule has 0 aliphatic carbocycles. The highest BCUT2D eigenvalue weighted by Crippen LogP contribution is 2.27. The zero-order chi connectivity index (χ0) is 16.2. The van der Waals surface area contributed by atoms with Crippen molar-refractivity contribution in [3.8, 4) is 5.75 Å². The van der Waals surface area contributed by atoms with E-state index in [0.717, 1.165) is 25.1 Å². The van der Waals surface area contributed by atoms with E-state index in [0.29, 0.717) is 11.6 Å². The lowest BCUT2D eigenvalue weighted by atomic mass is 9.92. The van der Waals surface area contributed by atoms with Gasteiger partial charge in [-0.2, -0.15) is 0 Å². The average molecular weight is 306 g/mol. The Morgan fingerprint density at radius 1 is 1.45 bits per heavy atom. The van der Waals surface area contributed by atoms with Gasteiger partial charge in [-0.25, -0.2) is 4.79 Å². The smallest absolute Gasteiger partial charge is 0.412 e. The number of amides is 1. The van der Waals surface area contributed by atoms with Crippen molar-refractivity contribution in [2.45, 2.75) is 45.6 Å². The van der Waals surface area contributed by atoms with Crippen LogP contribution in [-0.2, 0) is 11.2 Å². The van der Waals surface area contributed by atoms with E-state index in [1.807, 2.05) is 6.07 Å². The van der Waals surface area contributed by atoms with Gasteiger partial charge in [0.2, 0.25) is 0 Å². The van der Waals surface area contributed by atoms with Gasteiger partial charge in [-0.1, -0.05) is 6.07 Å². The third-order valence-electron chi connectivity index (χ3n) is 3.62. The van der Waals surface area contributed by atoms with Crippen LogP contribution in [0.2, 0.25) is 0 Å². The number of hydrogen-bond acceptors (Lipinski definition) is 4. The van der Waals surface area contributed by atoms with Crippen molar-refractivity contribution in [2.24, 2.45) is 5.92 Å². The number of ether oxygens (including phenoxy) is 1. The molecular formula is C17H26N2O3. The Labute approximate surface area is 132 Å². The van der Waals surface area contributed by atoms with Crippen molar-refractivity contribution in [1.82, 2.24) is 5.32 Å². The van der Waals surface area contributed by atoms with E-state index < -0.39 is 11.7 Å². The second-order valence-corrected chi connectivity index (χ2v) is 6.89. The first-order valence-electron chi connectivity index (χ1n) is 7.86. The number of carbonyl (C=O) groups excluding carboxylic acids is 1. The van der Waals surface area contributed by atoms with Gasteiger partial charge in [0.15, 0.2) is 0 Å². The molecule has 0 radical (unpaired) electrons. The molecule has 5 nitrogen and oxygen atoms in total. The minimum Gasteiger partial charge on any atom is -0.506 e. The Balaban J connectivity index is 1.95. The number of nitrogens with one attached hydrogen (secondary N) is 2. The second kappa shape index (κ2) is 7.01. The van der Waals surface area contributed by atoms with Gasteiger partial charge < -0.3 is 15.2 Å². The first-order valence-corrected chi connectivity index (χ1v) is 7.86. The lowest BCUT2D eigenvalue weighted by molar-refractivity contribution is 0.0635. The van der Waals surface area contributed by atoms with Crippen LogP contribution in [-0.4, -0.2) is 29.9 Å². The minimum absolute atomic E-state index is 0.0760. The van der Waals surface area contributed by atoms with Gasteiger partial charge >= 0.3 is 6.09 Å². The van der Waals surface area contributed by atoms with Gasteiger partial charge in [-0.15, -0.1) is 0 Å². The largest absolute Gasteiger partial charge is 0.506 e. The molecule has 1 aromatic carbocycles. The van der Waals surface area contributed by atoms with Gasteiger partial charge in [-0.3, -0.25) is 5.32 Å². The van der Waals surface area contributed by atoms with Crippen molar-refractivity contribution in [3.05, 3.63) is 23.8 Å². The Bertz CT molecular complexity index is 517. The van der Waals surface area contributed by atoms with Gasteiger partial charge in [-0.05, 0) is 76.7 Å². The average Bonchev–Trinajstić information content (AvgIpc) is 2.41. The quantitative estimate of drug-likeness (QED) is 0.750. The fourth-order valence-electron chi connectivity index (χ4n) is 2.66. The van der Waals surface area contributed by atoms with E-state index in [1.54, 1.807) is 32.9 Å². The van der Waals surface area contributed by atoms with E-state index in [2.05, 4.69) is 10.6 Å². The lowest BCUT2D eigenvalue weighted by Crippen LogP contribution is -2.30. The highest BCUT2D eigenvalue weighted by molar-refractivity contribution is 5.86. The molecule has 1 amide bonds. The fourth-order valence-corrected chi connectivity index (χ4v) is 2.66. The Hall–Kier alpha value is -1.75. The van der Waals surface area contributed by atoms with Crippen LogP contribution in [0.25, 0.3) is 0 Å². The number of hydrogen-bond donors (Lipinski definition) is 3. The summed E-state index contributed by atoms with van der Waals surface area (Å²) in [5, 5.41) is 16.0. The summed E-state index contributed by atoms with van der Waals surface area (Å²) < 4.78 is 5.18. The molecule has 0 aromatic heterocycles. The number of phenols is 1. The third kappa shape index (κ3) is 5.22. The minimum atomic E-state index is -0.563. The number of carbonyl (C=O) groups is 1. The van der Waals surface area contributed by atoms with Crippen LogP contribution in [0.3, 0.4) is 0 Å². The fraction of sp³-hybridized carbons (Fsp3) is 0.588. The summed E-state index contributed by atoms with van der Waals surface area (Å²) in [6.07, 6.45) is 2.79. The maximum absolute atomic E-state index is 11.7. The monoisotopic (exact) mass is 306 g/mol. The highest BCUT2D eigenvalue weighted by atomic mass is 16.6.